The number of nitrogens with zero attached hydrogens (tertiary/aromatic N) is 2. The second-order valence-corrected chi connectivity index (χ2v) is 6.09. The van der Waals surface area contributed by atoms with Gasteiger partial charge in [0.1, 0.15) is 17.0 Å². The standard InChI is InChI=1S/C16H19ClN2O2/c1-9(2)14-13(16(17)19(3)18-14)15(20)11-4-5-12-10(8-11)6-7-21-12/h4-5,8-9,15,20H,6-7H2,1-3H3. The maximum Gasteiger partial charge on any atom is 0.133 e. The SMILES string of the molecule is CC(C)c1nn(C)c(Cl)c1C(O)c1ccc2c(c1)CCO2. The smallest absolute Gasteiger partial charge is 0.133 e. The van der Waals surface area contributed by atoms with E-state index in [1.807, 2.05) is 32.0 Å². The number of ether oxygens (including phenoxy) is 1. The first-order valence-electron chi connectivity index (χ1n) is 7.15. The van der Waals surface area contributed by atoms with Gasteiger partial charge in [0.05, 0.1) is 12.3 Å². The predicted octanol–water partition coefficient (Wildman–Crippen LogP) is 3.21. The number of aliphatic hydroxyl groups excluding tert-OH is 1. The Morgan fingerprint density at radius 2 is 2.14 bits per heavy atom. The second-order valence-electron chi connectivity index (χ2n) is 5.74. The molecule has 1 N–H and O–H groups in total. The van der Waals surface area contributed by atoms with Crippen molar-refractivity contribution in [3.05, 3.63) is 45.7 Å². The van der Waals surface area contributed by atoms with Crippen molar-refractivity contribution in [2.24, 2.45) is 7.05 Å². The van der Waals surface area contributed by atoms with Gasteiger partial charge in [-0.2, -0.15) is 5.10 Å². The van der Waals surface area contributed by atoms with E-state index in [2.05, 4.69) is 5.10 Å². The Balaban J connectivity index is 2.04. The lowest BCUT2D eigenvalue weighted by Gasteiger charge is -2.14. The highest BCUT2D eigenvalue weighted by Crippen LogP contribution is 2.36. The molecular formula is C16H19ClN2O2. The lowest BCUT2D eigenvalue weighted by molar-refractivity contribution is 0.218. The van der Waals surface area contributed by atoms with Crippen LogP contribution >= 0.6 is 11.6 Å². The summed E-state index contributed by atoms with van der Waals surface area (Å²) >= 11 is 6.34. The van der Waals surface area contributed by atoms with Gasteiger partial charge in [0, 0.05) is 19.0 Å². The summed E-state index contributed by atoms with van der Waals surface area (Å²) < 4.78 is 7.12. The fourth-order valence-corrected chi connectivity index (χ4v) is 3.00. The molecule has 1 unspecified atom stereocenters. The average molecular weight is 307 g/mol. The van der Waals surface area contributed by atoms with Crippen molar-refractivity contribution in [2.75, 3.05) is 6.61 Å². The van der Waals surface area contributed by atoms with E-state index in [1.165, 1.54) is 0 Å². The predicted molar refractivity (Wildman–Crippen MR) is 82.0 cm³/mol. The molecule has 0 saturated heterocycles. The molecule has 0 saturated carbocycles. The third-order valence-corrected chi connectivity index (χ3v) is 4.34. The van der Waals surface area contributed by atoms with E-state index in [9.17, 15) is 5.11 Å². The van der Waals surface area contributed by atoms with Crippen molar-refractivity contribution < 1.29 is 9.84 Å². The van der Waals surface area contributed by atoms with Gasteiger partial charge >= 0.3 is 0 Å². The Morgan fingerprint density at radius 1 is 1.38 bits per heavy atom. The van der Waals surface area contributed by atoms with Crippen LogP contribution in [-0.4, -0.2) is 21.5 Å². The summed E-state index contributed by atoms with van der Waals surface area (Å²) in [6.07, 6.45) is 0.114. The molecule has 0 aliphatic carbocycles. The summed E-state index contributed by atoms with van der Waals surface area (Å²) in [5.41, 5.74) is 3.51. The minimum Gasteiger partial charge on any atom is -0.493 e. The first kappa shape index (κ1) is 14.4. The van der Waals surface area contributed by atoms with Crippen LogP contribution in [0.5, 0.6) is 5.75 Å². The summed E-state index contributed by atoms with van der Waals surface area (Å²) in [6.45, 7) is 4.80. The Bertz CT molecular complexity index is 679. The number of rotatable bonds is 3. The van der Waals surface area contributed by atoms with Gasteiger partial charge in [0.2, 0.25) is 0 Å². The Labute approximate surface area is 129 Å². The highest BCUT2D eigenvalue weighted by atomic mass is 35.5. The van der Waals surface area contributed by atoms with Gasteiger partial charge in [-0.05, 0) is 29.2 Å². The molecule has 1 aromatic heterocycles. The van der Waals surface area contributed by atoms with Crippen LogP contribution in [0.15, 0.2) is 18.2 Å². The quantitative estimate of drug-likeness (QED) is 0.947. The molecule has 0 spiro atoms. The molecule has 2 heterocycles. The second kappa shape index (κ2) is 5.35. The first-order valence-corrected chi connectivity index (χ1v) is 7.52. The number of halogens is 1. The van der Waals surface area contributed by atoms with Crippen LogP contribution in [0.4, 0.5) is 0 Å². The van der Waals surface area contributed by atoms with Gasteiger partial charge in [-0.3, -0.25) is 4.68 Å². The van der Waals surface area contributed by atoms with E-state index in [1.54, 1.807) is 11.7 Å². The maximum atomic E-state index is 10.8. The third kappa shape index (κ3) is 2.43. The van der Waals surface area contributed by atoms with E-state index < -0.39 is 6.10 Å². The number of aliphatic hydroxyl groups is 1. The van der Waals surface area contributed by atoms with E-state index >= 15 is 0 Å². The molecule has 21 heavy (non-hydrogen) atoms. The molecular weight excluding hydrogens is 288 g/mol. The molecule has 1 aromatic carbocycles. The largest absolute Gasteiger partial charge is 0.493 e. The van der Waals surface area contributed by atoms with Crippen LogP contribution in [0.2, 0.25) is 5.15 Å². The van der Waals surface area contributed by atoms with Gasteiger partial charge in [0.15, 0.2) is 0 Å². The molecule has 112 valence electrons. The average Bonchev–Trinajstić information content (AvgIpc) is 3.03. The zero-order valence-corrected chi connectivity index (χ0v) is 13.2. The summed E-state index contributed by atoms with van der Waals surface area (Å²) in [4.78, 5) is 0. The van der Waals surface area contributed by atoms with Crippen LogP contribution in [0, 0.1) is 0 Å². The molecule has 5 heteroatoms. The molecule has 1 aliphatic heterocycles. The monoisotopic (exact) mass is 306 g/mol. The van der Waals surface area contributed by atoms with Crippen molar-refractivity contribution in [2.45, 2.75) is 32.3 Å². The number of hydrogen-bond acceptors (Lipinski definition) is 3. The molecule has 3 rings (SSSR count). The van der Waals surface area contributed by atoms with E-state index in [0.717, 1.165) is 29.0 Å². The Hall–Kier alpha value is -1.52. The van der Waals surface area contributed by atoms with Crippen molar-refractivity contribution in [1.82, 2.24) is 9.78 Å². The van der Waals surface area contributed by atoms with Gasteiger partial charge < -0.3 is 9.84 Å². The Morgan fingerprint density at radius 3 is 2.86 bits per heavy atom. The summed E-state index contributed by atoms with van der Waals surface area (Å²) in [6, 6.07) is 5.81. The lowest BCUT2D eigenvalue weighted by atomic mass is 9.96. The van der Waals surface area contributed by atoms with Crippen LogP contribution in [-0.2, 0) is 13.5 Å². The molecule has 1 aliphatic rings. The van der Waals surface area contributed by atoms with E-state index in [-0.39, 0.29) is 5.92 Å². The highest BCUT2D eigenvalue weighted by Gasteiger charge is 2.25. The number of hydrogen-bond donors (Lipinski definition) is 1. The van der Waals surface area contributed by atoms with E-state index in [0.29, 0.717) is 17.3 Å². The topological polar surface area (TPSA) is 47.3 Å². The molecule has 4 nitrogen and oxygen atoms in total. The minimum atomic E-state index is -0.769. The van der Waals surface area contributed by atoms with Gasteiger partial charge in [0.25, 0.3) is 0 Å². The van der Waals surface area contributed by atoms with Gasteiger partial charge in [-0.25, -0.2) is 0 Å². The Kier molecular flexibility index (Phi) is 3.68. The summed E-state index contributed by atoms with van der Waals surface area (Å²) in [7, 11) is 1.79. The van der Waals surface area contributed by atoms with Crippen LogP contribution in [0.3, 0.4) is 0 Å². The fourth-order valence-electron chi connectivity index (χ4n) is 2.76. The normalized spacial score (nSPS) is 15.1. The highest BCUT2D eigenvalue weighted by molar-refractivity contribution is 6.30. The third-order valence-electron chi connectivity index (χ3n) is 3.89. The number of aryl methyl sites for hydroxylation is 1. The lowest BCUT2D eigenvalue weighted by Crippen LogP contribution is -2.04. The van der Waals surface area contributed by atoms with Crippen LogP contribution < -0.4 is 4.74 Å². The molecule has 1 atom stereocenters. The maximum absolute atomic E-state index is 10.8. The molecule has 0 radical (unpaired) electrons. The fraction of sp³-hybridized carbons (Fsp3) is 0.438. The van der Waals surface area contributed by atoms with Gasteiger partial charge in [-0.15, -0.1) is 0 Å². The van der Waals surface area contributed by atoms with Gasteiger partial charge in [-0.1, -0.05) is 31.5 Å². The molecule has 0 fully saturated rings. The molecule has 0 bridgehead atoms. The van der Waals surface area contributed by atoms with Crippen molar-refractivity contribution >= 4 is 11.6 Å². The number of benzene rings is 1. The van der Waals surface area contributed by atoms with Crippen molar-refractivity contribution in [3.8, 4) is 5.75 Å². The van der Waals surface area contributed by atoms with Crippen LogP contribution in [0.1, 0.15) is 48.3 Å². The van der Waals surface area contributed by atoms with Crippen molar-refractivity contribution in [1.29, 1.82) is 0 Å². The molecule has 0 amide bonds. The van der Waals surface area contributed by atoms with Crippen molar-refractivity contribution in [3.63, 3.8) is 0 Å². The zero-order chi connectivity index (χ0) is 15.1. The first-order chi connectivity index (χ1) is 9.99. The van der Waals surface area contributed by atoms with Crippen LogP contribution in [0.25, 0.3) is 0 Å². The number of aromatic nitrogens is 2. The number of fused-ring (bicyclic) bond motifs is 1. The van der Waals surface area contributed by atoms with E-state index in [4.69, 9.17) is 16.3 Å². The zero-order valence-electron chi connectivity index (χ0n) is 12.4. The minimum absolute atomic E-state index is 0.200. The summed E-state index contributed by atoms with van der Waals surface area (Å²) in [5, 5.41) is 15.7. The summed E-state index contributed by atoms with van der Waals surface area (Å²) in [5.74, 6) is 1.11. The molecule has 2 aromatic rings.